The van der Waals surface area contributed by atoms with E-state index in [0.717, 1.165) is 31.9 Å². The third kappa shape index (κ3) is 5.05. The Bertz CT molecular complexity index is 542. The summed E-state index contributed by atoms with van der Waals surface area (Å²) in [6.45, 7) is 4.94. The molecule has 1 heterocycles. The van der Waals surface area contributed by atoms with E-state index in [1.54, 1.807) is 18.2 Å². The zero-order valence-corrected chi connectivity index (χ0v) is 13.2. The summed E-state index contributed by atoms with van der Waals surface area (Å²) in [6.07, 6.45) is 0. The Hall–Kier alpha value is -0.990. The summed E-state index contributed by atoms with van der Waals surface area (Å²) in [5.74, 6) is 0. The van der Waals surface area contributed by atoms with Crippen molar-refractivity contribution in [2.75, 3.05) is 46.4 Å². The molecule has 0 unspecified atom stereocenters. The van der Waals surface area contributed by atoms with Gasteiger partial charge in [-0.25, -0.2) is 13.1 Å². The molecule has 0 amide bonds. The molecule has 7 heteroatoms. The standard InChI is InChI=1S/C14H23N3O3S/c1-15-12-13-3-2-4-14(11-13)21(18,19)16-5-6-17-7-9-20-10-8-17/h2-4,11,15-16H,5-10,12H2,1H3. The highest BCUT2D eigenvalue weighted by Crippen LogP contribution is 2.11. The van der Waals surface area contributed by atoms with Gasteiger partial charge in [-0.1, -0.05) is 12.1 Å². The van der Waals surface area contributed by atoms with Crippen molar-refractivity contribution < 1.29 is 13.2 Å². The Balaban J connectivity index is 1.90. The van der Waals surface area contributed by atoms with Gasteiger partial charge in [0.1, 0.15) is 0 Å². The molecule has 2 rings (SSSR count). The van der Waals surface area contributed by atoms with Crippen LogP contribution in [-0.2, 0) is 21.3 Å². The van der Waals surface area contributed by atoms with Crippen LogP contribution in [0.5, 0.6) is 0 Å². The lowest BCUT2D eigenvalue weighted by molar-refractivity contribution is 0.0390. The monoisotopic (exact) mass is 313 g/mol. The molecule has 0 aliphatic carbocycles. The first-order chi connectivity index (χ1) is 10.1. The van der Waals surface area contributed by atoms with E-state index in [0.29, 0.717) is 24.5 Å². The number of hydrogen-bond donors (Lipinski definition) is 2. The first kappa shape index (κ1) is 16.4. The zero-order chi connectivity index (χ0) is 15.1. The summed E-state index contributed by atoms with van der Waals surface area (Å²) in [6, 6.07) is 7.00. The Morgan fingerprint density at radius 3 is 2.76 bits per heavy atom. The third-order valence-electron chi connectivity index (χ3n) is 3.41. The van der Waals surface area contributed by atoms with Crippen molar-refractivity contribution in [1.29, 1.82) is 0 Å². The molecule has 1 aromatic carbocycles. The molecule has 6 nitrogen and oxygen atoms in total. The number of hydrogen-bond acceptors (Lipinski definition) is 5. The summed E-state index contributed by atoms with van der Waals surface area (Å²) < 4.78 is 32.4. The van der Waals surface area contributed by atoms with E-state index < -0.39 is 10.0 Å². The van der Waals surface area contributed by atoms with Gasteiger partial charge in [0, 0.05) is 32.7 Å². The van der Waals surface area contributed by atoms with Gasteiger partial charge in [0.2, 0.25) is 10.0 Å². The fourth-order valence-corrected chi connectivity index (χ4v) is 3.36. The molecule has 0 aromatic heterocycles. The maximum atomic E-state index is 12.3. The Morgan fingerprint density at radius 2 is 2.05 bits per heavy atom. The summed E-state index contributed by atoms with van der Waals surface area (Å²) in [5, 5.41) is 3.02. The number of benzene rings is 1. The van der Waals surface area contributed by atoms with Crippen molar-refractivity contribution >= 4 is 10.0 Å². The molecule has 0 saturated carbocycles. The van der Waals surface area contributed by atoms with Crippen molar-refractivity contribution in [2.24, 2.45) is 0 Å². The van der Waals surface area contributed by atoms with Crippen molar-refractivity contribution in [3.05, 3.63) is 29.8 Å². The average Bonchev–Trinajstić information content (AvgIpc) is 2.49. The smallest absolute Gasteiger partial charge is 0.240 e. The van der Waals surface area contributed by atoms with Crippen molar-refractivity contribution in [3.63, 3.8) is 0 Å². The van der Waals surface area contributed by atoms with Crippen LogP contribution >= 0.6 is 0 Å². The molecule has 0 spiro atoms. The molecular weight excluding hydrogens is 290 g/mol. The normalized spacial score (nSPS) is 17.0. The second-order valence-corrected chi connectivity index (χ2v) is 6.80. The predicted octanol–water partition coefficient (Wildman–Crippen LogP) is 0.0165. The molecule has 1 aliphatic rings. The summed E-state index contributed by atoms with van der Waals surface area (Å²) >= 11 is 0. The van der Waals surface area contributed by atoms with Crippen LogP contribution in [0.4, 0.5) is 0 Å². The highest BCUT2D eigenvalue weighted by molar-refractivity contribution is 7.89. The maximum absolute atomic E-state index is 12.3. The molecule has 21 heavy (non-hydrogen) atoms. The Kier molecular flexibility index (Phi) is 6.13. The van der Waals surface area contributed by atoms with Crippen molar-refractivity contribution in [2.45, 2.75) is 11.4 Å². The number of morpholine rings is 1. The largest absolute Gasteiger partial charge is 0.379 e. The lowest BCUT2D eigenvalue weighted by Gasteiger charge is -2.26. The van der Waals surface area contributed by atoms with Crippen LogP contribution in [0.1, 0.15) is 5.56 Å². The van der Waals surface area contributed by atoms with Gasteiger partial charge in [-0.15, -0.1) is 0 Å². The van der Waals surface area contributed by atoms with Gasteiger partial charge in [-0.3, -0.25) is 4.90 Å². The Labute approximate surface area is 126 Å². The second kappa shape index (κ2) is 7.86. The lowest BCUT2D eigenvalue weighted by Crippen LogP contribution is -2.41. The van der Waals surface area contributed by atoms with E-state index in [1.807, 2.05) is 13.1 Å². The minimum Gasteiger partial charge on any atom is -0.379 e. The first-order valence-electron chi connectivity index (χ1n) is 7.15. The summed E-state index contributed by atoms with van der Waals surface area (Å²) in [7, 11) is -1.60. The molecule has 118 valence electrons. The van der Waals surface area contributed by atoms with Crippen LogP contribution in [0.25, 0.3) is 0 Å². The van der Waals surface area contributed by atoms with Gasteiger partial charge in [0.15, 0.2) is 0 Å². The molecule has 1 saturated heterocycles. The van der Waals surface area contributed by atoms with Crippen LogP contribution in [0.3, 0.4) is 0 Å². The van der Waals surface area contributed by atoms with Crippen molar-refractivity contribution in [3.8, 4) is 0 Å². The minimum absolute atomic E-state index is 0.317. The van der Waals surface area contributed by atoms with Gasteiger partial charge in [0.05, 0.1) is 18.1 Å². The molecular formula is C14H23N3O3S. The molecule has 1 aromatic rings. The number of ether oxygens (including phenoxy) is 1. The van der Waals surface area contributed by atoms with E-state index in [9.17, 15) is 8.42 Å². The highest BCUT2D eigenvalue weighted by atomic mass is 32.2. The second-order valence-electron chi connectivity index (χ2n) is 5.03. The van der Waals surface area contributed by atoms with E-state index in [-0.39, 0.29) is 0 Å². The zero-order valence-electron chi connectivity index (χ0n) is 12.3. The fraction of sp³-hybridized carbons (Fsp3) is 0.571. The van der Waals surface area contributed by atoms with Crippen molar-refractivity contribution in [1.82, 2.24) is 14.9 Å². The molecule has 0 radical (unpaired) electrons. The number of sulfonamides is 1. The van der Waals surface area contributed by atoms with Gasteiger partial charge in [0.25, 0.3) is 0 Å². The quantitative estimate of drug-likeness (QED) is 0.742. The molecule has 0 bridgehead atoms. The fourth-order valence-electron chi connectivity index (χ4n) is 2.27. The average molecular weight is 313 g/mol. The van der Waals surface area contributed by atoms with Crippen LogP contribution < -0.4 is 10.0 Å². The summed E-state index contributed by atoms with van der Waals surface area (Å²) in [4.78, 5) is 2.51. The third-order valence-corrected chi connectivity index (χ3v) is 4.87. The topological polar surface area (TPSA) is 70.7 Å². The minimum atomic E-state index is -3.44. The van der Waals surface area contributed by atoms with Gasteiger partial charge >= 0.3 is 0 Å². The first-order valence-corrected chi connectivity index (χ1v) is 8.63. The van der Waals surface area contributed by atoms with Crippen LogP contribution in [-0.4, -0.2) is 59.8 Å². The maximum Gasteiger partial charge on any atom is 0.240 e. The number of rotatable bonds is 7. The molecule has 2 N–H and O–H groups in total. The van der Waals surface area contributed by atoms with Gasteiger partial charge in [-0.05, 0) is 24.7 Å². The lowest BCUT2D eigenvalue weighted by atomic mass is 10.2. The predicted molar refractivity (Wildman–Crippen MR) is 81.7 cm³/mol. The molecule has 0 atom stereocenters. The van der Waals surface area contributed by atoms with Crippen LogP contribution in [0.2, 0.25) is 0 Å². The highest BCUT2D eigenvalue weighted by Gasteiger charge is 2.15. The molecule has 1 aliphatic heterocycles. The Morgan fingerprint density at radius 1 is 1.29 bits per heavy atom. The summed E-state index contributed by atoms with van der Waals surface area (Å²) in [5.41, 5.74) is 0.952. The van der Waals surface area contributed by atoms with E-state index in [1.165, 1.54) is 0 Å². The van der Waals surface area contributed by atoms with Gasteiger partial charge < -0.3 is 10.1 Å². The van der Waals surface area contributed by atoms with Gasteiger partial charge in [-0.2, -0.15) is 0 Å². The van der Waals surface area contributed by atoms with Crippen LogP contribution in [0, 0.1) is 0 Å². The number of nitrogens with one attached hydrogen (secondary N) is 2. The van der Waals surface area contributed by atoms with E-state index >= 15 is 0 Å². The van der Waals surface area contributed by atoms with E-state index in [4.69, 9.17) is 4.74 Å². The van der Waals surface area contributed by atoms with E-state index in [2.05, 4.69) is 14.9 Å². The number of nitrogens with zero attached hydrogens (tertiary/aromatic N) is 1. The van der Waals surface area contributed by atoms with Crippen LogP contribution in [0.15, 0.2) is 29.2 Å². The SMILES string of the molecule is CNCc1cccc(S(=O)(=O)NCCN2CCOCC2)c1. The molecule has 1 fully saturated rings.